The fourth-order valence-corrected chi connectivity index (χ4v) is 13.6. The summed E-state index contributed by atoms with van der Waals surface area (Å²) >= 11 is 0. The molecule has 0 aromatic heterocycles. The van der Waals surface area contributed by atoms with Crippen LogP contribution in [0.5, 0.6) is 0 Å². The number of ether oxygens (including phenoxy) is 3. The Hall–Kier alpha value is -2.19. The summed E-state index contributed by atoms with van der Waals surface area (Å²) in [5.74, 6) is 5.35. The molecule has 9 atom stereocenters. The zero-order valence-corrected chi connectivity index (χ0v) is 32.6. The molecule has 54 heavy (non-hydrogen) atoms. The summed E-state index contributed by atoms with van der Waals surface area (Å²) in [6, 6.07) is -1.56. The van der Waals surface area contributed by atoms with Crippen LogP contribution in [0.25, 0.3) is 0 Å². The maximum absolute atomic E-state index is 15.2. The van der Waals surface area contributed by atoms with E-state index < -0.39 is 29.3 Å². The molecule has 1 spiro atoms. The van der Waals surface area contributed by atoms with Crippen LogP contribution in [0.15, 0.2) is 0 Å². The molecule has 5 saturated carbocycles. The van der Waals surface area contributed by atoms with Gasteiger partial charge in [-0.2, -0.15) is 0 Å². The number of cyclic esters (lactones) is 1. The van der Waals surface area contributed by atoms with E-state index in [1.807, 2.05) is 0 Å². The number of aliphatic hydroxyl groups is 1. The largest absolute Gasteiger partial charge is 0.481 e. The van der Waals surface area contributed by atoms with Crippen LogP contribution in [0.3, 0.4) is 0 Å². The fraction of sp³-hybridized carbons (Fsp3) is 0.886. The molecule has 3 heterocycles. The van der Waals surface area contributed by atoms with E-state index in [-0.39, 0.29) is 66.5 Å². The number of carboxylic acid groups (broad SMARTS) is 1. The summed E-state index contributed by atoms with van der Waals surface area (Å²) in [4.78, 5) is 46.3. The van der Waals surface area contributed by atoms with Gasteiger partial charge in [-0.05, 0) is 120 Å². The fourth-order valence-electron chi connectivity index (χ4n) is 13.6. The monoisotopic (exact) mass is 750 g/mol. The molecule has 0 aromatic rings. The lowest BCUT2D eigenvalue weighted by molar-refractivity contribution is -0.191. The van der Waals surface area contributed by atoms with Gasteiger partial charge in [0.2, 0.25) is 5.91 Å². The molecule has 3 unspecified atom stereocenters. The van der Waals surface area contributed by atoms with Crippen molar-refractivity contribution in [1.82, 2.24) is 10.2 Å². The van der Waals surface area contributed by atoms with Crippen molar-refractivity contribution in [3.05, 3.63) is 0 Å². The van der Waals surface area contributed by atoms with E-state index in [9.17, 15) is 19.8 Å². The van der Waals surface area contributed by atoms with Gasteiger partial charge in [0.1, 0.15) is 12.1 Å². The summed E-state index contributed by atoms with van der Waals surface area (Å²) in [5, 5.41) is 24.4. The Morgan fingerprint density at radius 3 is 2.09 bits per heavy atom. The van der Waals surface area contributed by atoms with Crippen LogP contribution in [-0.4, -0.2) is 95.8 Å². The van der Waals surface area contributed by atoms with Crippen molar-refractivity contribution < 1.29 is 38.8 Å². The predicted molar refractivity (Wildman–Crippen MR) is 202 cm³/mol. The van der Waals surface area contributed by atoms with Gasteiger partial charge in [-0.1, -0.05) is 50.4 Å². The second kappa shape index (κ2) is 16.7. The number of nitrogens with one attached hydrogen (secondary N) is 1. The molecule has 8 fully saturated rings. The van der Waals surface area contributed by atoms with Crippen LogP contribution >= 0.6 is 0 Å². The topological polar surface area (TPSA) is 135 Å². The Morgan fingerprint density at radius 2 is 1.44 bits per heavy atom. The van der Waals surface area contributed by atoms with Crippen molar-refractivity contribution in [3.63, 3.8) is 0 Å². The lowest BCUT2D eigenvalue weighted by Gasteiger charge is -2.54. The number of carbonyl (C=O) groups is 3. The highest BCUT2D eigenvalue weighted by Crippen LogP contribution is 2.64. The van der Waals surface area contributed by atoms with Crippen molar-refractivity contribution in [3.8, 4) is 11.8 Å². The average molecular weight is 751 g/mol. The van der Waals surface area contributed by atoms with Gasteiger partial charge >= 0.3 is 11.9 Å². The van der Waals surface area contributed by atoms with E-state index in [0.29, 0.717) is 31.0 Å². The Morgan fingerprint density at radius 1 is 0.815 bits per heavy atom. The maximum atomic E-state index is 15.2. The molecule has 10 heteroatoms. The molecular weight excluding hydrogens is 684 g/mol. The van der Waals surface area contributed by atoms with Crippen molar-refractivity contribution >= 4 is 17.8 Å². The number of aliphatic carboxylic acids is 1. The number of methoxy groups -OCH3 is 1. The van der Waals surface area contributed by atoms with E-state index in [1.54, 1.807) is 7.11 Å². The molecular formula is C44H66N2O8. The van der Waals surface area contributed by atoms with Crippen molar-refractivity contribution in [2.45, 2.75) is 177 Å². The molecule has 300 valence electrons. The summed E-state index contributed by atoms with van der Waals surface area (Å²) in [6.07, 6.45) is 20.8. The van der Waals surface area contributed by atoms with Crippen LogP contribution < -0.4 is 5.32 Å². The van der Waals surface area contributed by atoms with Crippen LogP contribution in [0, 0.1) is 58.7 Å². The van der Waals surface area contributed by atoms with Crippen LogP contribution in [-0.2, 0) is 28.6 Å². The SMILES string of the molecule is COC1CCC(C#CC2CCC3NC(=O)[C@@]4(C3C2)[C@H](C(=O)O)[C@H]2C(=O)O[C@H](C3CCCCC3)[C@H](C3CCCCC3)N2[C@@H]4C2CCC(OCCO)CC2)CC1. The Bertz CT molecular complexity index is 1400. The van der Waals surface area contributed by atoms with Gasteiger partial charge in [-0.25, -0.2) is 0 Å². The molecule has 8 aliphatic rings. The highest BCUT2D eigenvalue weighted by atomic mass is 16.6. The number of fused-ring (bicyclic) bond motifs is 3. The maximum Gasteiger partial charge on any atom is 0.324 e. The summed E-state index contributed by atoms with van der Waals surface area (Å²) in [7, 11) is 1.79. The molecule has 3 saturated heterocycles. The van der Waals surface area contributed by atoms with Crippen LogP contribution in [0.2, 0.25) is 0 Å². The second-order valence-corrected chi connectivity index (χ2v) is 18.6. The van der Waals surface area contributed by atoms with Crippen molar-refractivity contribution in [1.29, 1.82) is 0 Å². The number of amides is 1. The number of morpholine rings is 1. The first-order valence-corrected chi connectivity index (χ1v) is 22.1. The third-order valence-corrected chi connectivity index (χ3v) is 15.9. The summed E-state index contributed by atoms with van der Waals surface area (Å²) in [6.45, 7) is 0.288. The minimum Gasteiger partial charge on any atom is -0.481 e. The molecule has 0 radical (unpaired) electrons. The molecule has 0 aromatic carbocycles. The van der Waals surface area contributed by atoms with Gasteiger partial charge in [0.25, 0.3) is 0 Å². The van der Waals surface area contributed by atoms with Crippen LogP contribution in [0.4, 0.5) is 0 Å². The Balaban J connectivity index is 1.20. The molecule has 5 aliphatic carbocycles. The minimum atomic E-state index is -1.26. The molecule has 10 nitrogen and oxygen atoms in total. The number of hydrogen-bond donors (Lipinski definition) is 3. The third kappa shape index (κ3) is 7.04. The molecule has 3 N–H and O–H groups in total. The number of carboxylic acids is 1. The first kappa shape index (κ1) is 38.7. The Labute approximate surface area is 322 Å². The van der Waals surface area contributed by atoms with Crippen LogP contribution in [0.1, 0.15) is 135 Å². The van der Waals surface area contributed by atoms with E-state index >= 15 is 4.79 Å². The van der Waals surface area contributed by atoms with Gasteiger partial charge in [-0.15, -0.1) is 0 Å². The number of hydrogen-bond acceptors (Lipinski definition) is 8. The predicted octanol–water partition coefficient (Wildman–Crippen LogP) is 5.87. The molecule has 8 rings (SSSR count). The average Bonchev–Trinajstić information content (AvgIpc) is 3.69. The van der Waals surface area contributed by atoms with Crippen molar-refractivity contribution in [2.24, 2.45) is 46.8 Å². The number of nitrogens with zero attached hydrogens (tertiary/aromatic N) is 1. The lowest BCUT2D eigenvalue weighted by atomic mass is 9.56. The summed E-state index contributed by atoms with van der Waals surface area (Å²) in [5.41, 5.74) is -1.26. The lowest BCUT2D eigenvalue weighted by Crippen LogP contribution is -2.66. The van der Waals surface area contributed by atoms with E-state index in [4.69, 9.17) is 14.2 Å². The van der Waals surface area contributed by atoms with E-state index in [1.165, 1.54) is 12.8 Å². The highest BCUT2D eigenvalue weighted by molar-refractivity contribution is 5.97. The highest BCUT2D eigenvalue weighted by Gasteiger charge is 2.77. The normalized spacial score (nSPS) is 43.4. The van der Waals surface area contributed by atoms with Gasteiger partial charge in [0.05, 0.1) is 42.8 Å². The number of carbonyl (C=O) groups excluding carboxylic acids is 2. The smallest absolute Gasteiger partial charge is 0.324 e. The van der Waals surface area contributed by atoms with Gasteiger partial charge in [-0.3, -0.25) is 19.3 Å². The standard InChI is InChI=1S/C44H66N2O8/c1-52-32-19-14-27(15-20-32)12-13-28-16-23-35-34(26-28)44(43(51)45-35)36(41(48)49)38-42(50)54-39(30-10-6-3-7-11-30)37(29-8-4-2-5-9-29)46(38)40(44)31-17-21-33(22-18-31)53-25-24-47/h27-40,47H,2-11,14-26H2,1H3,(H,45,51)(H,48,49)/t27?,28?,31?,32?,33?,34?,35?,36-,37-,38-,39+,40+,44-/m0/s1. The number of aliphatic hydroxyl groups excluding tert-OH is 1. The van der Waals surface area contributed by atoms with E-state index in [2.05, 4.69) is 22.1 Å². The van der Waals surface area contributed by atoms with Gasteiger partial charge in [0.15, 0.2) is 0 Å². The van der Waals surface area contributed by atoms with Gasteiger partial charge < -0.3 is 29.7 Å². The van der Waals surface area contributed by atoms with Crippen molar-refractivity contribution in [2.75, 3.05) is 20.3 Å². The molecule has 0 bridgehead atoms. The number of rotatable bonds is 8. The first-order chi connectivity index (χ1) is 26.3. The summed E-state index contributed by atoms with van der Waals surface area (Å²) < 4.78 is 18.3. The third-order valence-electron chi connectivity index (χ3n) is 15.9. The zero-order valence-electron chi connectivity index (χ0n) is 32.6. The quantitative estimate of drug-likeness (QED) is 0.206. The minimum absolute atomic E-state index is 0.0170. The van der Waals surface area contributed by atoms with Gasteiger partial charge in [0, 0.05) is 31.0 Å². The second-order valence-electron chi connectivity index (χ2n) is 18.6. The number of esters is 1. The van der Waals surface area contributed by atoms with E-state index in [0.717, 1.165) is 116 Å². The molecule has 3 aliphatic heterocycles. The molecule has 1 amide bonds. The first-order valence-electron chi connectivity index (χ1n) is 22.1. The Kier molecular flexibility index (Phi) is 12.0. The zero-order chi connectivity index (χ0) is 37.4.